The van der Waals surface area contributed by atoms with Crippen molar-refractivity contribution >= 4 is 12.4 Å². The molecule has 0 unspecified atom stereocenters. The maximum Gasteiger partial charge on any atom is 0.0249 e. The van der Waals surface area contributed by atoms with Gasteiger partial charge in [-0.05, 0) is 5.56 Å². The molecule has 0 radical (unpaired) electrons. The van der Waals surface area contributed by atoms with Crippen molar-refractivity contribution in [3.8, 4) is 0 Å². The zero-order valence-corrected chi connectivity index (χ0v) is 10.2. The van der Waals surface area contributed by atoms with Crippen molar-refractivity contribution in [1.82, 2.24) is 4.90 Å². The molecule has 2 rings (SSSR count). The summed E-state index contributed by atoms with van der Waals surface area (Å²) in [7, 11) is 0. The Labute approximate surface area is 103 Å². The fraction of sp³-hybridized carbons (Fsp3) is 0.500. The summed E-state index contributed by atoms with van der Waals surface area (Å²) >= 11 is 0. The minimum absolute atomic E-state index is 0. The highest BCUT2D eigenvalue weighted by Gasteiger charge is 2.30. The van der Waals surface area contributed by atoms with Gasteiger partial charge in [0.1, 0.15) is 0 Å². The molecule has 1 saturated heterocycles. The van der Waals surface area contributed by atoms with Gasteiger partial charge in [0.2, 0.25) is 0 Å². The first kappa shape index (κ1) is 13.5. The largest absolute Gasteiger partial charge is 0.329 e. The van der Waals surface area contributed by atoms with Crippen molar-refractivity contribution in [2.75, 3.05) is 26.2 Å². The number of likely N-dealkylation sites (tertiary alicyclic amines) is 1. The van der Waals surface area contributed by atoms with Crippen molar-refractivity contribution in [3.63, 3.8) is 0 Å². The van der Waals surface area contributed by atoms with Crippen LogP contribution in [0.15, 0.2) is 30.3 Å². The number of rotatable bonds is 3. The SMILES string of the molecule is Cl.NCCN1C[C@@H](N)[C@H](c2ccccc2)C1. The molecule has 0 aromatic heterocycles. The Balaban J connectivity index is 0.00000128. The molecule has 1 aromatic carbocycles. The molecule has 16 heavy (non-hydrogen) atoms. The lowest BCUT2D eigenvalue weighted by atomic mass is 9.95. The molecule has 0 bridgehead atoms. The van der Waals surface area contributed by atoms with Crippen LogP contribution >= 0.6 is 12.4 Å². The maximum absolute atomic E-state index is 6.15. The van der Waals surface area contributed by atoms with Crippen LogP contribution in [-0.4, -0.2) is 37.1 Å². The molecule has 1 heterocycles. The highest BCUT2D eigenvalue weighted by atomic mass is 35.5. The topological polar surface area (TPSA) is 55.3 Å². The predicted molar refractivity (Wildman–Crippen MR) is 69.9 cm³/mol. The first-order valence-electron chi connectivity index (χ1n) is 5.54. The number of halogens is 1. The smallest absolute Gasteiger partial charge is 0.0249 e. The minimum atomic E-state index is 0. The predicted octanol–water partition coefficient (Wildman–Crippen LogP) is 0.794. The molecule has 3 nitrogen and oxygen atoms in total. The van der Waals surface area contributed by atoms with Crippen molar-refractivity contribution in [3.05, 3.63) is 35.9 Å². The van der Waals surface area contributed by atoms with Gasteiger partial charge in [-0.3, -0.25) is 4.90 Å². The molecule has 0 aliphatic carbocycles. The Morgan fingerprint density at radius 1 is 1.19 bits per heavy atom. The molecule has 4 heteroatoms. The molecular weight excluding hydrogens is 222 g/mol. The van der Waals surface area contributed by atoms with Crippen LogP contribution in [0.5, 0.6) is 0 Å². The van der Waals surface area contributed by atoms with E-state index in [1.807, 2.05) is 6.07 Å². The summed E-state index contributed by atoms with van der Waals surface area (Å²) in [4.78, 5) is 2.35. The molecule has 1 aliphatic heterocycles. The Morgan fingerprint density at radius 3 is 2.50 bits per heavy atom. The van der Waals surface area contributed by atoms with Crippen molar-refractivity contribution < 1.29 is 0 Å². The molecule has 1 aliphatic rings. The number of nitrogens with zero attached hydrogens (tertiary/aromatic N) is 1. The first-order valence-corrected chi connectivity index (χ1v) is 5.54. The number of hydrogen-bond acceptors (Lipinski definition) is 3. The third-order valence-electron chi connectivity index (χ3n) is 3.11. The standard InChI is InChI=1S/C12H19N3.ClH/c13-6-7-15-8-11(12(14)9-15)10-4-2-1-3-5-10;/h1-5,11-12H,6-9,13-14H2;1H/t11-,12+;/m0./s1. The Kier molecular flexibility index (Phi) is 5.22. The molecule has 0 amide bonds. The highest BCUT2D eigenvalue weighted by Crippen LogP contribution is 2.25. The van der Waals surface area contributed by atoms with Gasteiger partial charge in [-0.25, -0.2) is 0 Å². The monoisotopic (exact) mass is 241 g/mol. The van der Waals surface area contributed by atoms with E-state index in [2.05, 4.69) is 29.2 Å². The Hall–Kier alpha value is -0.610. The van der Waals surface area contributed by atoms with E-state index in [0.29, 0.717) is 12.5 Å². The molecule has 1 fully saturated rings. The molecule has 4 N–H and O–H groups in total. The van der Waals surface area contributed by atoms with Crippen molar-refractivity contribution in [1.29, 1.82) is 0 Å². The van der Waals surface area contributed by atoms with Crippen LogP contribution in [-0.2, 0) is 0 Å². The lowest BCUT2D eigenvalue weighted by molar-refractivity contribution is 0.341. The van der Waals surface area contributed by atoms with Gasteiger partial charge < -0.3 is 11.5 Å². The summed E-state index contributed by atoms with van der Waals surface area (Å²) in [5.41, 5.74) is 13.1. The normalized spacial score (nSPS) is 25.4. The van der Waals surface area contributed by atoms with Crippen LogP contribution in [0, 0.1) is 0 Å². The van der Waals surface area contributed by atoms with Gasteiger partial charge in [0, 0.05) is 38.1 Å². The average molecular weight is 242 g/mol. The van der Waals surface area contributed by atoms with Crippen LogP contribution in [0.1, 0.15) is 11.5 Å². The van der Waals surface area contributed by atoms with E-state index in [0.717, 1.165) is 19.6 Å². The minimum Gasteiger partial charge on any atom is -0.329 e. The highest BCUT2D eigenvalue weighted by molar-refractivity contribution is 5.85. The molecule has 0 spiro atoms. The molecule has 1 aromatic rings. The van der Waals surface area contributed by atoms with Gasteiger partial charge >= 0.3 is 0 Å². The van der Waals surface area contributed by atoms with Gasteiger partial charge in [0.05, 0.1) is 0 Å². The summed E-state index contributed by atoms with van der Waals surface area (Å²) in [6.45, 7) is 3.68. The Morgan fingerprint density at radius 2 is 1.88 bits per heavy atom. The van der Waals surface area contributed by atoms with Gasteiger partial charge in [-0.15, -0.1) is 12.4 Å². The van der Waals surface area contributed by atoms with Crippen LogP contribution in [0.3, 0.4) is 0 Å². The zero-order valence-electron chi connectivity index (χ0n) is 9.38. The van der Waals surface area contributed by atoms with E-state index in [-0.39, 0.29) is 18.4 Å². The van der Waals surface area contributed by atoms with Gasteiger partial charge in [-0.1, -0.05) is 30.3 Å². The van der Waals surface area contributed by atoms with Gasteiger partial charge in [0.25, 0.3) is 0 Å². The van der Waals surface area contributed by atoms with Crippen LogP contribution in [0.25, 0.3) is 0 Å². The molecule has 2 atom stereocenters. The van der Waals surface area contributed by atoms with E-state index < -0.39 is 0 Å². The number of benzene rings is 1. The van der Waals surface area contributed by atoms with E-state index in [1.165, 1.54) is 5.56 Å². The van der Waals surface area contributed by atoms with Crippen molar-refractivity contribution in [2.45, 2.75) is 12.0 Å². The van der Waals surface area contributed by atoms with Crippen molar-refractivity contribution in [2.24, 2.45) is 11.5 Å². The molecular formula is C12H20ClN3. The van der Waals surface area contributed by atoms with E-state index >= 15 is 0 Å². The third-order valence-corrected chi connectivity index (χ3v) is 3.11. The van der Waals surface area contributed by atoms with E-state index in [1.54, 1.807) is 0 Å². The van der Waals surface area contributed by atoms with E-state index in [9.17, 15) is 0 Å². The average Bonchev–Trinajstić information content (AvgIpc) is 2.61. The Bertz CT molecular complexity index is 304. The summed E-state index contributed by atoms with van der Waals surface area (Å²) in [6.07, 6.45) is 0. The second kappa shape index (κ2) is 6.21. The lowest BCUT2D eigenvalue weighted by Gasteiger charge is -2.14. The summed E-state index contributed by atoms with van der Waals surface area (Å²) < 4.78 is 0. The molecule has 90 valence electrons. The second-order valence-corrected chi connectivity index (χ2v) is 4.23. The van der Waals surface area contributed by atoms with Crippen LogP contribution in [0.4, 0.5) is 0 Å². The van der Waals surface area contributed by atoms with Crippen LogP contribution in [0.2, 0.25) is 0 Å². The fourth-order valence-electron chi connectivity index (χ4n) is 2.33. The maximum atomic E-state index is 6.15. The summed E-state index contributed by atoms with van der Waals surface area (Å²) in [6, 6.07) is 10.8. The van der Waals surface area contributed by atoms with E-state index in [4.69, 9.17) is 11.5 Å². The third kappa shape index (κ3) is 2.95. The molecule has 0 saturated carbocycles. The second-order valence-electron chi connectivity index (χ2n) is 4.23. The number of nitrogens with two attached hydrogens (primary N) is 2. The summed E-state index contributed by atoms with van der Waals surface area (Å²) in [5.74, 6) is 0.470. The zero-order chi connectivity index (χ0) is 10.7. The van der Waals surface area contributed by atoms with Crippen LogP contribution < -0.4 is 11.5 Å². The number of hydrogen-bond donors (Lipinski definition) is 2. The first-order chi connectivity index (χ1) is 7.31. The fourth-order valence-corrected chi connectivity index (χ4v) is 2.33. The van der Waals surface area contributed by atoms with Gasteiger partial charge in [0.15, 0.2) is 0 Å². The lowest BCUT2D eigenvalue weighted by Crippen LogP contribution is -2.31. The quantitative estimate of drug-likeness (QED) is 0.823. The van der Waals surface area contributed by atoms with Gasteiger partial charge in [-0.2, -0.15) is 0 Å². The summed E-state index contributed by atoms with van der Waals surface area (Å²) in [5, 5.41) is 0.